The van der Waals surface area contributed by atoms with E-state index in [1.165, 1.54) is 0 Å². The van der Waals surface area contributed by atoms with Gasteiger partial charge >= 0.3 is 0 Å². The maximum atomic E-state index is 11.8. The molecule has 2 atom stereocenters. The standard InChI is InChI=1S/C15H20N2O2/c1-19-14-7-3-6-13(14)17-15(18)9-8-11-4-2-5-12(16)10-11/h2,4-5,8-10,13-14H,3,6-7,16H2,1H3,(H,17,18)/b9-8+. The van der Waals surface area contributed by atoms with Gasteiger partial charge in [-0.1, -0.05) is 12.1 Å². The molecule has 0 radical (unpaired) electrons. The molecule has 0 aromatic heterocycles. The van der Waals surface area contributed by atoms with Crippen molar-refractivity contribution < 1.29 is 9.53 Å². The van der Waals surface area contributed by atoms with E-state index >= 15 is 0 Å². The molecule has 2 unspecified atom stereocenters. The molecule has 0 heterocycles. The largest absolute Gasteiger partial charge is 0.399 e. The van der Waals surface area contributed by atoms with Crippen LogP contribution < -0.4 is 11.1 Å². The Bertz CT molecular complexity index is 471. The van der Waals surface area contributed by atoms with Gasteiger partial charge in [0.25, 0.3) is 0 Å². The summed E-state index contributed by atoms with van der Waals surface area (Å²) >= 11 is 0. The van der Waals surface area contributed by atoms with Crippen molar-refractivity contribution in [1.82, 2.24) is 5.32 Å². The zero-order chi connectivity index (χ0) is 13.7. The number of nitrogens with one attached hydrogen (secondary N) is 1. The van der Waals surface area contributed by atoms with Gasteiger partial charge in [0.2, 0.25) is 5.91 Å². The van der Waals surface area contributed by atoms with Crippen LogP contribution in [0.5, 0.6) is 0 Å². The van der Waals surface area contributed by atoms with Crippen LogP contribution in [0.2, 0.25) is 0 Å². The highest BCUT2D eigenvalue weighted by molar-refractivity contribution is 5.92. The van der Waals surface area contributed by atoms with Crippen molar-refractivity contribution in [3.8, 4) is 0 Å². The van der Waals surface area contributed by atoms with Crippen molar-refractivity contribution in [2.75, 3.05) is 12.8 Å². The Morgan fingerprint density at radius 2 is 2.32 bits per heavy atom. The molecular weight excluding hydrogens is 240 g/mol. The van der Waals surface area contributed by atoms with Crippen molar-refractivity contribution in [2.45, 2.75) is 31.4 Å². The van der Waals surface area contributed by atoms with Crippen LogP contribution in [0.1, 0.15) is 24.8 Å². The first-order valence-corrected chi connectivity index (χ1v) is 6.56. The maximum Gasteiger partial charge on any atom is 0.244 e. The van der Waals surface area contributed by atoms with Gasteiger partial charge < -0.3 is 15.8 Å². The molecule has 0 aliphatic heterocycles. The van der Waals surface area contributed by atoms with E-state index in [-0.39, 0.29) is 18.1 Å². The second kappa shape index (κ2) is 6.38. The quantitative estimate of drug-likeness (QED) is 0.642. The van der Waals surface area contributed by atoms with Crippen LogP contribution in [0, 0.1) is 0 Å². The molecular formula is C15H20N2O2. The third-order valence-corrected chi connectivity index (χ3v) is 3.42. The molecule has 4 heteroatoms. The molecule has 0 saturated heterocycles. The molecule has 4 nitrogen and oxygen atoms in total. The van der Waals surface area contributed by atoms with E-state index in [1.807, 2.05) is 24.3 Å². The van der Waals surface area contributed by atoms with E-state index < -0.39 is 0 Å². The monoisotopic (exact) mass is 260 g/mol. The fourth-order valence-corrected chi connectivity index (χ4v) is 2.44. The molecule has 1 aliphatic carbocycles. The Kier molecular flexibility index (Phi) is 4.58. The number of benzene rings is 1. The lowest BCUT2D eigenvalue weighted by molar-refractivity contribution is -0.117. The van der Waals surface area contributed by atoms with Gasteiger partial charge in [-0.05, 0) is 43.0 Å². The Morgan fingerprint density at radius 1 is 1.47 bits per heavy atom. The van der Waals surface area contributed by atoms with Crippen molar-refractivity contribution in [3.05, 3.63) is 35.9 Å². The minimum Gasteiger partial charge on any atom is -0.399 e. The van der Waals surface area contributed by atoms with E-state index in [9.17, 15) is 4.79 Å². The van der Waals surface area contributed by atoms with Gasteiger partial charge in [0.05, 0.1) is 12.1 Å². The molecule has 0 bridgehead atoms. The Hall–Kier alpha value is -1.81. The molecule has 19 heavy (non-hydrogen) atoms. The number of carbonyl (C=O) groups is 1. The third kappa shape index (κ3) is 3.83. The van der Waals surface area contributed by atoms with E-state index in [1.54, 1.807) is 19.3 Å². The number of amides is 1. The summed E-state index contributed by atoms with van der Waals surface area (Å²) in [7, 11) is 1.69. The third-order valence-electron chi connectivity index (χ3n) is 3.42. The van der Waals surface area contributed by atoms with E-state index in [0.717, 1.165) is 24.8 Å². The molecule has 1 fully saturated rings. The highest BCUT2D eigenvalue weighted by Crippen LogP contribution is 2.21. The molecule has 102 valence electrons. The van der Waals surface area contributed by atoms with Gasteiger partial charge in [-0.3, -0.25) is 4.79 Å². The first kappa shape index (κ1) is 13.6. The summed E-state index contributed by atoms with van der Waals surface area (Å²) < 4.78 is 5.35. The maximum absolute atomic E-state index is 11.8. The van der Waals surface area contributed by atoms with E-state index in [0.29, 0.717) is 5.69 Å². The molecule has 0 spiro atoms. The second-order valence-electron chi connectivity index (χ2n) is 4.82. The number of hydrogen-bond acceptors (Lipinski definition) is 3. The summed E-state index contributed by atoms with van der Waals surface area (Å²) in [6, 6.07) is 7.55. The number of anilines is 1. The SMILES string of the molecule is COC1CCCC1NC(=O)/C=C/c1cccc(N)c1. The topological polar surface area (TPSA) is 64.3 Å². The summed E-state index contributed by atoms with van der Waals surface area (Å²) in [5.41, 5.74) is 7.30. The summed E-state index contributed by atoms with van der Waals surface area (Å²) in [6.07, 6.45) is 6.55. The highest BCUT2D eigenvalue weighted by atomic mass is 16.5. The predicted molar refractivity (Wildman–Crippen MR) is 76.5 cm³/mol. The number of rotatable bonds is 4. The number of hydrogen-bond donors (Lipinski definition) is 2. The number of nitrogens with two attached hydrogens (primary N) is 1. The second-order valence-corrected chi connectivity index (χ2v) is 4.82. The van der Waals surface area contributed by atoms with Crippen LogP contribution in [0.4, 0.5) is 5.69 Å². The highest BCUT2D eigenvalue weighted by Gasteiger charge is 2.27. The van der Waals surface area contributed by atoms with Crippen molar-refractivity contribution >= 4 is 17.7 Å². The average molecular weight is 260 g/mol. The first-order valence-electron chi connectivity index (χ1n) is 6.56. The Morgan fingerprint density at radius 3 is 3.05 bits per heavy atom. The molecule has 1 aliphatic rings. The zero-order valence-corrected chi connectivity index (χ0v) is 11.1. The van der Waals surface area contributed by atoms with Gasteiger partial charge in [-0.2, -0.15) is 0 Å². The fraction of sp³-hybridized carbons (Fsp3) is 0.400. The van der Waals surface area contributed by atoms with Gasteiger partial charge in [0.15, 0.2) is 0 Å². The molecule has 3 N–H and O–H groups in total. The summed E-state index contributed by atoms with van der Waals surface area (Å²) in [5.74, 6) is -0.0867. The average Bonchev–Trinajstić information content (AvgIpc) is 2.84. The number of methoxy groups -OCH3 is 1. The van der Waals surface area contributed by atoms with Crippen molar-refractivity contribution in [3.63, 3.8) is 0 Å². The lowest BCUT2D eigenvalue weighted by Crippen LogP contribution is -2.39. The summed E-state index contributed by atoms with van der Waals surface area (Å²) in [6.45, 7) is 0. The van der Waals surface area contributed by atoms with E-state index in [4.69, 9.17) is 10.5 Å². The number of carbonyl (C=O) groups excluding carboxylic acids is 1. The number of nitrogen functional groups attached to an aromatic ring is 1. The lowest BCUT2D eigenvalue weighted by atomic mass is 10.2. The minimum absolute atomic E-state index is 0.0867. The first-order chi connectivity index (χ1) is 9.19. The van der Waals surface area contributed by atoms with E-state index in [2.05, 4.69) is 5.32 Å². The molecule has 1 amide bonds. The van der Waals surface area contributed by atoms with Gasteiger partial charge in [-0.15, -0.1) is 0 Å². The van der Waals surface area contributed by atoms with Gasteiger partial charge in [0, 0.05) is 18.9 Å². The Labute approximate surface area is 113 Å². The van der Waals surface area contributed by atoms with Crippen LogP contribution >= 0.6 is 0 Å². The number of ether oxygens (including phenoxy) is 1. The molecule has 1 saturated carbocycles. The van der Waals surface area contributed by atoms with Crippen LogP contribution in [0.15, 0.2) is 30.3 Å². The van der Waals surface area contributed by atoms with Crippen LogP contribution in [-0.4, -0.2) is 25.2 Å². The van der Waals surface area contributed by atoms with Crippen LogP contribution in [0.25, 0.3) is 6.08 Å². The zero-order valence-electron chi connectivity index (χ0n) is 11.1. The fourth-order valence-electron chi connectivity index (χ4n) is 2.44. The van der Waals surface area contributed by atoms with Crippen molar-refractivity contribution in [2.24, 2.45) is 0 Å². The molecule has 1 aromatic carbocycles. The molecule has 1 aromatic rings. The van der Waals surface area contributed by atoms with Crippen LogP contribution in [-0.2, 0) is 9.53 Å². The molecule has 2 rings (SSSR count). The normalized spacial score (nSPS) is 22.8. The van der Waals surface area contributed by atoms with Gasteiger partial charge in [0.1, 0.15) is 0 Å². The minimum atomic E-state index is -0.0867. The summed E-state index contributed by atoms with van der Waals surface area (Å²) in [5, 5.41) is 2.98. The summed E-state index contributed by atoms with van der Waals surface area (Å²) in [4.78, 5) is 11.8. The van der Waals surface area contributed by atoms with Crippen LogP contribution in [0.3, 0.4) is 0 Å². The van der Waals surface area contributed by atoms with Crippen molar-refractivity contribution in [1.29, 1.82) is 0 Å². The smallest absolute Gasteiger partial charge is 0.244 e. The Balaban J connectivity index is 1.90. The van der Waals surface area contributed by atoms with Gasteiger partial charge in [-0.25, -0.2) is 0 Å². The lowest BCUT2D eigenvalue weighted by Gasteiger charge is -2.18. The predicted octanol–water partition coefficient (Wildman–Crippen LogP) is 1.97.